The summed E-state index contributed by atoms with van der Waals surface area (Å²) in [5.41, 5.74) is 19.0. The van der Waals surface area contributed by atoms with Crippen molar-refractivity contribution in [2.75, 3.05) is 30.5 Å². The number of aliphatic imine (C=N–C) groups is 1. The van der Waals surface area contributed by atoms with Crippen molar-refractivity contribution in [2.45, 2.75) is 11.8 Å². The number of hydrogen-bond acceptors (Lipinski definition) is 3. The van der Waals surface area contributed by atoms with E-state index in [9.17, 15) is 0 Å². The summed E-state index contributed by atoms with van der Waals surface area (Å²) in [7, 11) is 2.22. The molecule has 4 nitrogen and oxygen atoms in total. The normalized spacial score (nSPS) is 16.9. The van der Waals surface area contributed by atoms with Crippen LogP contribution in [0.15, 0.2) is 199 Å². The van der Waals surface area contributed by atoms with Gasteiger partial charge in [0, 0.05) is 58.0 Å². The third kappa shape index (κ3) is 5.27. The molecule has 2 aliphatic carbocycles. The topological polar surface area (TPSA) is 32.6 Å². The van der Waals surface area contributed by atoms with Gasteiger partial charge in [-0.05, 0) is 98.6 Å². The van der Waals surface area contributed by atoms with Gasteiger partial charge < -0.3 is 14.8 Å². The lowest BCUT2D eigenvalue weighted by Gasteiger charge is -2.29. The first kappa shape index (κ1) is 34.6. The second-order valence-corrected chi connectivity index (χ2v) is 16.5. The molecule has 8 aromatic carbocycles. The number of hydrogen-bond donors (Lipinski definition) is 1. The molecule has 1 aromatic heterocycles. The number of para-hydroxylation sites is 3. The molecule has 1 atom stereocenters. The van der Waals surface area contributed by atoms with E-state index in [0.717, 1.165) is 24.4 Å². The molecule has 1 spiro atoms. The molecule has 60 heavy (non-hydrogen) atoms. The number of nitrogens with zero attached hydrogens (tertiary/aromatic N) is 3. The highest BCUT2D eigenvalue weighted by Gasteiger charge is 2.40. The number of likely N-dealkylation sites (N-methyl/N-ethyl adjacent to an activating group) is 1. The van der Waals surface area contributed by atoms with E-state index in [4.69, 9.17) is 0 Å². The summed E-state index contributed by atoms with van der Waals surface area (Å²) in [6.07, 6.45) is 8.30. The average molecular weight is 771 g/mol. The van der Waals surface area contributed by atoms with Gasteiger partial charge in [0.15, 0.2) is 0 Å². The predicted octanol–water partition coefficient (Wildman–Crippen LogP) is 13.2. The Labute approximate surface area is 350 Å². The molecule has 4 aliphatic rings. The Morgan fingerprint density at radius 1 is 0.567 bits per heavy atom. The average Bonchev–Trinajstić information content (AvgIpc) is 3.92. The molecular weight excluding hydrogens is 729 g/mol. The molecule has 9 aromatic rings. The number of aromatic nitrogens is 1. The maximum atomic E-state index is 4.55. The highest BCUT2D eigenvalue weighted by molar-refractivity contribution is 6.29. The number of rotatable bonds is 3. The number of benzene rings is 8. The molecule has 286 valence electrons. The van der Waals surface area contributed by atoms with E-state index >= 15 is 0 Å². The van der Waals surface area contributed by atoms with Gasteiger partial charge in [-0.15, -0.1) is 0 Å². The van der Waals surface area contributed by atoms with Gasteiger partial charge >= 0.3 is 0 Å². The van der Waals surface area contributed by atoms with Crippen molar-refractivity contribution in [3.05, 3.63) is 216 Å². The summed E-state index contributed by atoms with van der Waals surface area (Å²) >= 11 is 0. The molecule has 0 saturated heterocycles. The van der Waals surface area contributed by atoms with Gasteiger partial charge in [-0.3, -0.25) is 4.99 Å². The third-order valence-electron chi connectivity index (χ3n) is 13.1. The number of fused-ring (bicyclic) bond motifs is 10. The molecule has 4 heteroatoms. The van der Waals surface area contributed by atoms with E-state index in [2.05, 4.69) is 191 Å². The zero-order valence-electron chi connectivity index (χ0n) is 33.4. The molecule has 0 saturated carbocycles. The van der Waals surface area contributed by atoms with Crippen LogP contribution < -0.4 is 10.2 Å². The standard InChI is InChI=1S/C42H30N2.C14H12N2/c1-43-26-42(36-18-7-8-19-38(36)43)22-10-11-28(25-42)27-20-21-37-35(23-27)41-33-17-9-16-32-30-14-5-6-15-31(30)34(40(32)33)24-39(41)44(37)29-12-3-2-4-13-29;1-2-6-11(7-3-1)14-12-8-4-5-9-13(12)15-10-16-14/h2-21,23-25H,22,26H2,1H3;1-9,15H,10H2. The molecule has 1 N–H and O–H groups in total. The van der Waals surface area contributed by atoms with Crippen molar-refractivity contribution in [3.63, 3.8) is 0 Å². The van der Waals surface area contributed by atoms with E-state index in [1.165, 1.54) is 94.0 Å². The van der Waals surface area contributed by atoms with Crippen LogP contribution in [0.2, 0.25) is 0 Å². The van der Waals surface area contributed by atoms with E-state index < -0.39 is 0 Å². The van der Waals surface area contributed by atoms with E-state index in [1.807, 2.05) is 30.3 Å². The maximum absolute atomic E-state index is 4.55. The van der Waals surface area contributed by atoms with Crippen LogP contribution in [0.25, 0.3) is 66.1 Å². The Morgan fingerprint density at radius 2 is 1.28 bits per heavy atom. The van der Waals surface area contributed by atoms with Gasteiger partial charge in [0.1, 0.15) is 6.67 Å². The molecule has 1 unspecified atom stereocenters. The Kier molecular flexibility index (Phi) is 7.83. The highest BCUT2D eigenvalue weighted by Crippen LogP contribution is 2.52. The smallest absolute Gasteiger partial charge is 0.108 e. The maximum Gasteiger partial charge on any atom is 0.108 e. The Balaban J connectivity index is 0.000000203. The van der Waals surface area contributed by atoms with Gasteiger partial charge in [0.2, 0.25) is 0 Å². The summed E-state index contributed by atoms with van der Waals surface area (Å²) in [6.45, 7) is 1.66. The Hall–Kier alpha value is -7.43. The van der Waals surface area contributed by atoms with Gasteiger partial charge in [-0.25, -0.2) is 0 Å². The Bertz CT molecular complexity index is 3280. The fraction of sp³-hybridized carbons (Fsp3) is 0.0893. The number of nitrogens with one attached hydrogen (secondary N) is 1. The van der Waals surface area contributed by atoms with E-state index in [1.54, 1.807) is 0 Å². The summed E-state index contributed by atoms with van der Waals surface area (Å²) < 4.78 is 2.47. The molecule has 0 bridgehead atoms. The van der Waals surface area contributed by atoms with Crippen LogP contribution in [0.1, 0.15) is 28.7 Å². The first-order valence-corrected chi connectivity index (χ1v) is 21.0. The highest BCUT2D eigenvalue weighted by atomic mass is 15.1. The van der Waals surface area contributed by atoms with E-state index in [-0.39, 0.29) is 5.41 Å². The first-order valence-electron chi connectivity index (χ1n) is 21.0. The summed E-state index contributed by atoms with van der Waals surface area (Å²) in [6, 6.07) is 63.7. The molecule has 0 radical (unpaired) electrons. The molecule has 13 rings (SSSR count). The van der Waals surface area contributed by atoms with Crippen molar-refractivity contribution >= 4 is 55.2 Å². The number of anilines is 2. The van der Waals surface area contributed by atoms with Crippen molar-refractivity contribution in [1.82, 2.24) is 4.57 Å². The van der Waals surface area contributed by atoms with Gasteiger partial charge in [-0.1, -0.05) is 152 Å². The van der Waals surface area contributed by atoms with Crippen molar-refractivity contribution in [3.8, 4) is 27.9 Å². The second-order valence-electron chi connectivity index (χ2n) is 16.5. The van der Waals surface area contributed by atoms with Crippen molar-refractivity contribution in [2.24, 2.45) is 4.99 Å². The van der Waals surface area contributed by atoms with Crippen LogP contribution in [0.5, 0.6) is 0 Å². The van der Waals surface area contributed by atoms with Gasteiger partial charge in [0.05, 0.1) is 16.7 Å². The minimum atomic E-state index is 0.00342. The predicted molar refractivity (Wildman–Crippen MR) is 253 cm³/mol. The lowest BCUT2D eigenvalue weighted by molar-refractivity contribution is 0.575. The minimum absolute atomic E-state index is 0.00342. The van der Waals surface area contributed by atoms with Crippen LogP contribution >= 0.6 is 0 Å². The minimum Gasteiger partial charge on any atom is -0.373 e. The zero-order valence-corrected chi connectivity index (χ0v) is 33.4. The fourth-order valence-corrected chi connectivity index (χ4v) is 10.5. The van der Waals surface area contributed by atoms with Crippen LogP contribution in [-0.4, -0.2) is 30.5 Å². The van der Waals surface area contributed by atoms with E-state index in [0.29, 0.717) is 6.67 Å². The Morgan fingerprint density at radius 3 is 2.13 bits per heavy atom. The molecule has 0 fully saturated rings. The number of allylic oxidation sites excluding steroid dienone is 3. The molecule has 0 amide bonds. The first-order chi connectivity index (χ1) is 29.6. The summed E-state index contributed by atoms with van der Waals surface area (Å²) in [5.74, 6) is 0. The molecule has 2 aliphatic heterocycles. The molecular formula is C56H42N4. The second kappa shape index (κ2) is 13.6. The largest absolute Gasteiger partial charge is 0.373 e. The summed E-state index contributed by atoms with van der Waals surface area (Å²) in [4.78, 5) is 6.96. The van der Waals surface area contributed by atoms with Crippen LogP contribution in [0.3, 0.4) is 0 Å². The van der Waals surface area contributed by atoms with Gasteiger partial charge in [0.25, 0.3) is 0 Å². The van der Waals surface area contributed by atoms with Crippen LogP contribution in [0, 0.1) is 0 Å². The lowest BCUT2D eigenvalue weighted by atomic mass is 9.74. The quantitative estimate of drug-likeness (QED) is 0.194. The molecule has 3 heterocycles. The SMILES string of the molecule is CN1CC2(C=C(c3ccc4c(c3)c3c5cccc6c5c(cc3n4-c3ccccc3)-c3ccccc3-6)C=CC2)c2ccccc21.c1ccc(C2=NCNc3ccccc32)cc1. The van der Waals surface area contributed by atoms with Crippen molar-refractivity contribution < 1.29 is 0 Å². The third-order valence-corrected chi connectivity index (χ3v) is 13.1. The van der Waals surface area contributed by atoms with Crippen LogP contribution in [0.4, 0.5) is 11.4 Å². The lowest BCUT2D eigenvalue weighted by Crippen LogP contribution is -2.30. The van der Waals surface area contributed by atoms with Crippen molar-refractivity contribution in [1.29, 1.82) is 0 Å². The summed E-state index contributed by atoms with van der Waals surface area (Å²) in [5, 5.41) is 8.62. The fourth-order valence-electron chi connectivity index (χ4n) is 10.5. The van der Waals surface area contributed by atoms with Crippen LogP contribution in [-0.2, 0) is 5.41 Å². The zero-order chi connectivity index (χ0) is 39.8. The monoisotopic (exact) mass is 770 g/mol. The van der Waals surface area contributed by atoms with Gasteiger partial charge in [-0.2, -0.15) is 0 Å².